The Balaban J connectivity index is 0.000000218. The van der Waals surface area contributed by atoms with Gasteiger partial charge in [-0.15, -0.1) is 59.7 Å². The van der Waals surface area contributed by atoms with E-state index in [1.807, 2.05) is 37.3 Å². The van der Waals surface area contributed by atoms with Gasteiger partial charge >= 0.3 is 0 Å². The minimum atomic E-state index is -1.66. The van der Waals surface area contributed by atoms with Gasteiger partial charge in [0.2, 0.25) is 0 Å². The number of thiophene rings is 1. The molecule has 0 saturated heterocycles. The fourth-order valence-electron chi connectivity index (χ4n) is 6.38. The van der Waals surface area contributed by atoms with Gasteiger partial charge in [-0.1, -0.05) is 73.1 Å². The molecule has 4 aromatic heterocycles. The predicted octanol–water partition coefficient (Wildman–Crippen LogP) is 11.1. The van der Waals surface area contributed by atoms with Crippen molar-refractivity contribution < 1.29 is 22.8 Å². The summed E-state index contributed by atoms with van der Waals surface area (Å²) < 4.78 is 20.0. The smallest absolute Gasteiger partial charge is 0.0798 e. The third kappa shape index (κ3) is 7.40. The summed E-state index contributed by atoms with van der Waals surface area (Å²) in [6.07, 6.45) is 3.74. The van der Waals surface area contributed by atoms with E-state index in [1.165, 1.54) is 42.6 Å². The average molecular weight is 864 g/mol. The molecule has 0 atom stereocenters. The van der Waals surface area contributed by atoms with Gasteiger partial charge in [0.25, 0.3) is 0 Å². The molecule has 0 aliphatic carbocycles. The summed E-state index contributed by atoms with van der Waals surface area (Å²) in [5.41, 5.74) is 8.29. The van der Waals surface area contributed by atoms with Crippen LogP contribution in [0.3, 0.4) is 0 Å². The van der Waals surface area contributed by atoms with E-state index in [0.29, 0.717) is 11.1 Å². The van der Waals surface area contributed by atoms with Crippen molar-refractivity contribution in [3.05, 3.63) is 156 Å². The summed E-state index contributed by atoms with van der Waals surface area (Å²) in [5.74, 6) is 0. The van der Waals surface area contributed by atoms with Crippen molar-refractivity contribution in [1.82, 2.24) is 15.0 Å². The number of pyridine rings is 3. The Morgan fingerprint density at radius 2 is 1.40 bits per heavy atom. The largest absolute Gasteiger partial charge is 0.305 e. The van der Waals surface area contributed by atoms with Crippen molar-refractivity contribution in [2.24, 2.45) is 0 Å². The standard InChI is InChI=1S/C29H21N2S.C15H18NSi.Ir/c1-18-5-3-6-23-22(18)9-10-25-24-7-4-8-26(29(24)32-28(23)25)27-17-21(12-14-31-27)16-20-11-13-30-19(2)15-20;1-12-10-14(13-8-6-5-7-9-13)16-11-15(12)17(2,3)4;/h3-7,9-15,17H,16H2,1-2H3;5-8,10-11H,1-4H3;/q2*-1;/i16D2;;. The second-order valence-corrected chi connectivity index (χ2v) is 19.5. The van der Waals surface area contributed by atoms with E-state index in [4.69, 9.17) is 2.74 Å². The fourth-order valence-corrected chi connectivity index (χ4v) is 9.42. The normalized spacial score (nSPS) is 12.2. The molecular formula is C44H39IrN3SSi-2. The van der Waals surface area contributed by atoms with Crippen LogP contribution in [0.5, 0.6) is 0 Å². The molecule has 1 radical (unpaired) electrons. The summed E-state index contributed by atoms with van der Waals surface area (Å²) in [6.45, 7) is 13.3. The van der Waals surface area contributed by atoms with Gasteiger partial charge in [-0.2, -0.15) is 11.3 Å². The van der Waals surface area contributed by atoms with E-state index < -0.39 is 14.4 Å². The van der Waals surface area contributed by atoms with Crippen molar-refractivity contribution in [2.45, 2.75) is 46.8 Å². The Morgan fingerprint density at radius 3 is 2.14 bits per heavy atom. The van der Waals surface area contributed by atoms with Crippen molar-refractivity contribution in [2.75, 3.05) is 0 Å². The Bertz CT molecular complexity index is 2540. The first-order valence-electron chi connectivity index (χ1n) is 17.5. The number of hydrogen-bond acceptors (Lipinski definition) is 4. The molecule has 6 heteroatoms. The molecule has 0 aliphatic rings. The van der Waals surface area contributed by atoms with Crippen LogP contribution >= 0.6 is 11.3 Å². The van der Waals surface area contributed by atoms with Gasteiger partial charge in [-0.05, 0) is 99.5 Å². The third-order valence-electron chi connectivity index (χ3n) is 8.78. The van der Waals surface area contributed by atoms with Crippen LogP contribution in [0.1, 0.15) is 30.7 Å². The van der Waals surface area contributed by atoms with E-state index in [2.05, 4.69) is 115 Å². The maximum absolute atomic E-state index is 8.83. The zero-order chi connectivity index (χ0) is 35.9. The second kappa shape index (κ2) is 14.9. The molecule has 0 spiro atoms. The van der Waals surface area contributed by atoms with E-state index in [-0.39, 0.29) is 20.1 Å². The van der Waals surface area contributed by atoms with Crippen LogP contribution < -0.4 is 5.19 Å². The molecule has 0 amide bonds. The van der Waals surface area contributed by atoms with Gasteiger partial charge in [0.1, 0.15) is 0 Å². The maximum atomic E-state index is 8.83. The summed E-state index contributed by atoms with van der Waals surface area (Å²) in [7, 11) is -1.27. The predicted molar refractivity (Wildman–Crippen MR) is 212 cm³/mol. The molecule has 0 aliphatic heterocycles. The molecule has 3 nitrogen and oxygen atoms in total. The summed E-state index contributed by atoms with van der Waals surface area (Å²) in [5, 5.41) is 6.38. The zero-order valence-electron chi connectivity index (χ0n) is 31.1. The van der Waals surface area contributed by atoms with E-state index >= 15 is 0 Å². The van der Waals surface area contributed by atoms with Crippen molar-refractivity contribution in [3.63, 3.8) is 0 Å². The topological polar surface area (TPSA) is 38.7 Å². The van der Waals surface area contributed by atoms with E-state index in [0.717, 1.165) is 32.9 Å². The van der Waals surface area contributed by atoms with Crippen LogP contribution in [-0.4, -0.2) is 23.0 Å². The summed E-state index contributed by atoms with van der Waals surface area (Å²) in [6, 6.07) is 38.8. The molecular weight excluding hydrogens is 823 g/mol. The molecule has 0 N–H and O–H groups in total. The zero-order valence-corrected chi connectivity index (χ0v) is 33.3. The molecule has 0 saturated carbocycles. The Kier molecular flexibility index (Phi) is 9.78. The molecule has 8 aromatic rings. The quantitative estimate of drug-likeness (QED) is 0.128. The first-order chi connectivity index (χ1) is 24.4. The fraction of sp³-hybridized carbons (Fsp3) is 0.159. The van der Waals surface area contributed by atoms with Crippen LogP contribution in [0, 0.1) is 32.9 Å². The first-order valence-corrected chi connectivity index (χ1v) is 20.8. The van der Waals surface area contributed by atoms with Gasteiger partial charge in [0.15, 0.2) is 0 Å². The molecule has 0 unspecified atom stereocenters. The Morgan fingerprint density at radius 1 is 0.660 bits per heavy atom. The van der Waals surface area contributed by atoms with Crippen molar-refractivity contribution in [1.29, 1.82) is 0 Å². The minimum Gasteiger partial charge on any atom is -0.305 e. The Labute approximate surface area is 316 Å². The number of hydrogen-bond donors (Lipinski definition) is 0. The van der Waals surface area contributed by atoms with Crippen LogP contribution in [-0.2, 0) is 26.5 Å². The number of nitrogens with zero attached hydrogens (tertiary/aromatic N) is 3. The van der Waals surface area contributed by atoms with Crippen LogP contribution in [0.25, 0.3) is 53.5 Å². The van der Waals surface area contributed by atoms with E-state index in [1.54, 1.807) is 41.9 Å². The molecule has 0 fully saturated rings. The van der Waals surface area contributed by atoms with E-state index in [9.17, 15) is 0 Å². The van der Waals surface area contributed by atoms with Gasteiger partial charge in [-0.3, -0.25) is 4.98 Å². The van der Waals surface area contributed by atoms with Gasteiger partial charge < -0.3 is 9.97 Å². The SMILES string of the molecule is Cc1cc(-c2[c-]cccc2)ncc1[Si](C)(C)C.[2H]C([2H])(c1ccnc(C)c1)c1ccnc(-c2[c-]ccc3c2sc2c4cccc(C)c4ccc32)c1.[Ir]. The summed E-state index contributed by atoms with van der Waals surface area (Å²) in [4.78, 5) is 13.4. The summed E-state index contributed by atoms with van der Waals surface area (Å²) >= 11 is 1.76. The molecule has 8 rings (SSSR count). The average Bonchev–Trinajstić information content (AvgIpc) is 3.52. The van der Waals surface area contributed by atoms with Crippen LogP contribution in [0.4, 0.5) is 0 Å². The molecule has 251 valence electrons. The number of benzene rings is 4. The first kappa shape index (κ1) is 32.9. The number of fused-ring (bicyclic) bond motifs is 5. The molecule has 4 heterocycles. The maximum Gasteiger partial charge on any atom is 0.0798 e. The minimum absolute atomic E-state index is 0. The van der Waals surface area contributed by atoms with Gasteiger partial charge in [-0.25, -0.2) is 0 Å². The van der Waals surface area contributed by atoms with Gasteiger partial charge in [0.05, 0.1) is 8.07 Å². The second-order valence-electron chi connectivity index (χ2n) is 13.5. The Hall–Kier alpha value is -4.32. The van der Waals surface area contributed by atoms with Crippen molar-refractivity contribution >= 4 is 55.5 Å². The number of rotatable bonds is 5. The monoisotopic (exact) mass is 864 g/mol. The number of aryl methyl sites for hydroxylation is 3. The third-order valence-corrected chi connectivity index (χ3v) is 12.2. The van der Waals surface area contributed by atoms with Crippen LogP contribution in [0.2, 0.25) is 19.6 Å². The molecule has 50 heavy (non-hydrogen) atoms. The van der Waals surface area contributed by atoms with Crippen molar-refractivity contribution in [3.8, 4) is 22.5 Å². The van der Waals surface area contributed by atoms with Gasteiger partial charge in [0, 0.05) is 51.8 Å². The molecule has 0 bridgehead atoms. The number of aromatic nitrogens is 3. The molecule has 4 aromatic carbocycles. The van der Waals surface area contributed by atoms with Crippen LogP contribution in [0.15, 0.2) is 116 Å².